The van der Waals surface area contributed by atoms with Crippen molar-refractivity contribution in [1.82, 2.24) is 14.8 Å². The first-order valence-corrected chi connectivity index (χ1v) is 12.5. The molecule has 0 spiro atoms. The molecule has 0 saturated carbocycles. The van der Waals surface area contributed by atoms with Gasteiger partial charge in [-0.2, -0.15) is 4.98 Å². The highest BCUT2D eigenvalue weighted by atomic mass is 16.4. The number of carbonyl (C=O) groups is 2. The first-order chi connectivity index (χ1) is 17.0. The van der Waals surface area contributed by atoms with E-state index in [1.165, 1.54) is 0 Å². The summed E-state index contributed by atoms with van der Waals surface area (Å²) >= 11 is 0. The van der Waals surface area contributed by atoms with E-state index in [0.717, 1.165) is 53.8 Å². The van der Waals surface area contributed by atoms with Crippen molar-refractivity contribution in [2.75, 3.05) is 56.0 Å². The number of amides is 2. The second-order valence-corrected chi connectivity index (χ2v) is 9.64. The monoisotopic (exact) mass is 475 g/mol. The summed E-state index contributed by atoms with van der Waals surface area (Å²) in [6, 6.07) is 14.4. The number of rotatable bonds is 5. The van der Waals surface area contributed by atoms with Gasteiger partial charge in [0.15, 0.2) is 5.58 Å². The number of piperidine rings is 1. The van der Waals surface area contributed by atoms with E-state index < -0.39 is 0 Å². The first kappa shape index (κ1) is 23.4. The van der Waals surface area contributed by atoms with Gasteiger partial charge in [0.1, 0.15) is 5.52 Å². The molecular formula is C27H33N5O3. The minimum absolute atomic E-state index is 0.00579. The molecule has 2 saturated heterocycles. The number of aromatic nitrogens is 1. The predicted octanol–water partition coefficient (Wildman–Crippen LogP) is 3.44. The van der Waals surface area contributed by atoms with Crippen LogP contribution in [-0.4, -0.2) is 72.4 Å². The van der Waals surface area contributed by atoms with Crippen LogP contribution in [0.25, 0.3) is 11.1 Å². The summed E-state index contributed by atoms with van der Waals surface area (Å²) in [7, 11) is 0. The van der Waals surface area contributed by atoms with Crippen molar-refractivity contribution in [2.24, 2.45) is 5.92 Å². The smallest absolute Gasteiger partial charge is 0.298 e. The summed E-state index contributed by atoms with van der Waals surface area (Å²) in [6.07, 6.45) is 1.60. The Kier molecular flexibility index (Phi) is 6.72. The summed E-state index contributed by atoms with van der Waals surface area (Å²) in [5.74, 6) is 0.269. The van der Waals surface area contributed by atoms with Crippen LogP contribution in [0.5, 0.6) is 0 Å². The maximum Gasteiger partial charge on any atom is 0.298 e. The topological polar surface area (TPSA) is 81.9 Å². The zero-order valence-electron chi connectivity index (χ0n) is 20.5. The van der Waals surface area contributed by atoms with Crippen molar-refractivity contribution in [3.8, 4) is 0 Å². The Hall–Kier alpha value is -3.39. The molecule has 0 unspecified atom stereocenters. The van der Waals surface area contributed by atoms with Gasteiger partial charge in [-0.25, -0.2) is 0 Å². The lowest BCUT2D eigenvalue weighted by atomic mass is 9.95. The second kappa shape index (κ2) is 10.1. The first-order valence-electron chi connectivity index (χ1n) is 12.5. The molecule has 2 aliphatic rings. The summed E-state index contributed by atoms with van der Waals surface area (Å²) in [6.45, 7) is 8.65. The summed E-state index contributed by atoms with van der Waals surface area (Å²) in [5.41, 5.74) is 4.69. The highest BCUT2D eigenvalue weighted by Gasteiger charge is 2.32. The van der Waals surface area contributed by atoms with Crippen molar-refractivity contribution >= 4 is 34.6 Å². The maximum atomic E-state index is 13.2. The van der Waals surface area contributed by atoms with Gasteiger partial charge < -0.3 is 19.5 Å². The van der Waals surface area contributed by atoms with E-state index in [2.05, 4.69) is 20.1 Å². The van der Waals surface area contributed by atoms with Gasteiger partial charge in [0.2, 0.25) is 11.8 Å². The molecule has 0 aliphatic carbocycles. The Labute approximate surface area is 205 Å². The highest BCUT2D eigenvalue weighted by molar-refractivity contribution is 5.93. The normalized spacial score (nSPS) is 17.7. The Morgan fingerprint density at radius 1 is 0.943 bits per heavy atom. The van der Waals surface area contributed by atoms with Gasteiger partial charge >= 0.3 is 0 Å². The Morgan fingerprint density at radius 2 is 1.63 bits per heavy atom. The molecule has 2 fully saturated rings. The molecule has 3 heterocycles. The number of aryl methyl sites for hydroxylation is 2. The molecule has 184 valence electrons. The SMILES string of the molecule is Cc1cccc(C)c1NC(=O)CN1CCN(C(=O)C2CCN(c3nc4ccccc4o3)CC2)CC1. The average Bonchev–Trinajstić information content (AvgIpc) is 3.31. The molecule has 5 rings (SSSR count). The van der Waals surface area contributed by atoms with Crippen molar-refractivity contribution in [3.05, 3.63) is 53.6 Å². The fraction of sp³-hybridized carbons (Fsp3) is 0.444. The Bertz CT molecular complexity index is 1150. The number of oxazole rings is 1. The molecule has 2 amide bonds. The zero-order valence-corrected chi connectivity index (χ0v) is 20.5. The van der Waals surface area contributed by atoms with Gasteiger partial charge in [-0.15, -0.1) is 0 Å². The number of nitrogens with zero attached hydrogens (tertiary/aromatic N) is 4. The molecule has 3 aromatic rings. The third-order valence-electron chi connectivity index (χ3n) is 7.19. The van der Waals surface area contributed by atoms with Crippen LogP contribution in [0.15, 0.2) is 46.9 Å². The standard InChI is InChI=1S/C27H33N5O3/c1-19-6-5-7-20(2)25(19)29-24(33)18-30-14-16-31(17-15-30)26(34)21-10-12-32(13-11-21)27-28-22-8-3-4-9-23(22)35-27/h3-9,21H,10-18H2,1-2H3,(H,29,33). The van der Waals surface area contributed by atoms with Crippen LogP contribution >= 0.6 is 0 Å². The van der Waals surface area contributed by atoms with Gasteiger partial charge in [-0.3, -0.25) is 14.5 Å². The van der Waals surface area contributed by atoms with E-state index in [1.807, 2.05) is 61.2 Å². The van der Waals surface area contributed by atoms with Crippen LogP contribution in [0.1, 0.15) is 24.0 Å². The lowest BCUT2D eigenvalue weighted by molar-refractivity contribution is -0.138. The molecule has 2 aromatic carbocycles. The summed E-state index contributed by atoms with van der Waals surface area (Å²) < 4.78 is 5.89. The fourth-order valence-corrected chi connectivity index (χ4v) is 5.09. The predicted molar refractivity (Wildman–Crippen MR) is 137 cm³/mol. The van der Waals surface area contributed by atoms with Crippen LogP contribution in [-0.2, 0) is 9.59 Å². The van der Waals surface area contributed by atoms with Crippen LogP contribution in [0, 0.1) is 19.8 Å². The number of hydrogen-bond donors (Lipinski definition) is 1. The lowest BCUT2D eigenvalue weighted by Gasteiger charge is -2.38. The molecule has 0 bridgehead atoms. The third-order valence-corrected chi connectivity index (χ3v) is 7.19. The number of nitrogens with one attached hydrogen (secondary N) is 1. The van der Waals surface area contributed by atoms with E-state index in [-0.39, 0.29) is 17.7 Å². The number of para-hydroxylation sites is 3. The number of piperazine rings is 1. The summed E-state index contributed by atoms with van der Waals surface area (Å²) in [5, 5.41) is 3.06. The second-order valence-electron chi connectivity index (χ2n) is 9.64. The minimum atomic E-state index is -0.00579. The fourth-order valence-electron chi connectivity index (χ4n) is 5.09. The van der Waals surface area contributed by atoms with Crippen LogP contribution in [0.4, 0.5) is 11.7 Å². The van der Waals surface area contributed by atoms with Crippen LogP contribution in [0.3, 0.4) is 0 Å². The number of benzene rings is 2. The number of hydrogen-bond acceptors (Lipinski definition) is 6. The van der Waals surface area contributed by atoms with E-state index in [4.69, 9.17) is 4.42 Å². The number of fused-ring (bicyclic) bond motifs is 1. The molecule has 2 aliphatic heterocycles. The van der Waals surface area contributed by atoms with Gasteiger partial charge in [-0.1, -0.05) is 30.3 Å². The van der Waals surface area contributed by atoms with Crippen LogP contribution < -0.4 is 10.2 Å². The van der Waals surface area contributed by atoms with E-state index in [9.17, 15) is 9.59 Å². The number of anilines is 2. The molecule has 8 heteroatoms. The lowest BCUT2D eigenvalue weighted by Crippen LogP contribution is -2.52. The van der Waals surface area contributed by atoms with E-state index in [1.54, 1.807) is 0 Å². The largest absolute Gasteiger partial charge is 0.423 e. The third kappa shape index (κ3) is 5.17. The quantitative estimate of drug-likeness (QED) is 0.609. The van der Waals surface area contributed by atoms with Gasteiger partial charge in [0, 0.05) is 50.9 Å². The highest BCUT2D eigenvalue weighted by Crippen LogP contribution is 2.27. The van der Waals surface area contributed by atoms with Gasteiger partial charge in [0.25, 0.3) is 6.01 Å². The minimum Gasteiger partial charge on any atom is -0.423 e. The average molecular weight is 476 g/mol. The van der Waals surface area contributed by atoms with Crippen molar-refractivity contribution in [1.29, 1.82) is 0 Å². The molecular weight excluding hydrogens is 442 g/mol. The molecule has 1 aromatic heterocycles. The molecule has 0 radical (unpaired) electrons. The van der Waals surface area contributed by atoms with Gasteiger partial charge in [-0.05, 0) is 49.9 Å². The van der Waals surface area contributed by atoms with Gasteiger partial charge in [0.05, 0.1) is 6.54 Å². The Morgan fingerprint density at radius 3 is 2.31 bits per heavy atom. The summed E-state index contributed by atoms with van der Waals surface area (Å²) in [4.78, 5) is 36.6. The van der Waals surface area contributed by atoms with E-state index >= 15 is 0 Å². The van der Waals surface area contributed by atoms with Crippen molar-refractivity contribution in [3.63, 3.8) is 0 Å². The maximum absolute atomic E-state index is 13.2. The molecule has 1 N–H and O–H groups in total. The number of carbonyl (C=O) groups excluding carboxylic acids is 2. The van der Waals surface area contributed by atoms with E-state index in [0.29, 0.717) is 38.7 Å². The Balaban J connectivity index is 1.08. The molecule has 0 atom stereocenters. The van der Waals surface area contributed by atoms with Crippen molar-refractivity contribution in [2.45, 2.75) is 26.7 Å². The van der Waals surface area contributed by atoms with Crippen molar-refractivity contribution < 1.29 is 14.0 Å². The van der Waals surface area contributed by atoms with Crippen LogP contribution in [0.2, 0.25) is 0 Å². The molecule has 35 heavy (non-hydrogen) atoms. The zero-order chi connectivity index (χ0) is 24.4. The molecule has 8 nitrogen and oxygen atoms in total.